The van der Waals surface area contributed by atoms with Crippen LogP contribution in [-0.4, -0.2) is 70.3 Å². The maximum atomic E-state index is 13.4. The van der Waals surface area contributed by atoms with E-state index in [2.05, 4.69) is 35.3 Å². The number of hydrogen-bond acceptors (Lipinski definition) is 4. The Morgan fingerprint density at radius 3 is 2.05 bits per heavy atom. The summed E-state index contributed by atoms with van der Waals surface area (Å²) in [5.41, 5.74) is 3.75. The van der Waals surface area contributed by atoms with E-state index in [1.807, 2.05) is 86.5 Å². The van der Waals surface area contributed by atoms with Gasteiger partial charge in [-0.15, -0.1) is 0 Å². The molecule has 0 aliphatic rings. The number of benzene rings is 3. The van der Waals surface area contributed by atoms with Crippen molar-refractivity contribution in [1.82, 2.24) is 14.8 Å². The number of aromatic amines is 1. The van der Waals surface area contributed by atoms with E-state index < -0.39 is 17.7 Å². The van der Waals surface area contributed by atoms with Gasteiger partial charge in [-0.25, -0.2) is 4.79 Å². The normalized spacial score (nSPS) is 11.7. The fourth-order valence-corrected chi connectivity index (χ4v) is 4.92. The van der Waals surface area contributed by atoms with E-state index in [-0.39, 0.29) is 12.5 Å². The van der Waals surface area contributed by atoms with E-state index >= 15 is 0 Å². The molecule has 4 rings (SSSR count). The summed E-state index contributed by atoms with van der Waals surface area (Å²) in [7, 11) is 0. The number of carbonyl (C=O) groups excluding carboxylic acids is 1. The lowest BCUT2D eigenvalue weighted by Gasteiger charge is -2.32. The predicted octanol–water partition coefficient (Wildman–Crippen LogP) is 6.17. The molecular weight excluding hydrogens is 502 g/mol. The fraction of sp³-hybridized carbons (Fsp3) is 0.333. The second-order valence-electron chi connectivity index (χ2n) is 11.1. The summed E-state index contributed by atoms with van der Waals surface area (Å²) in [6, 6.07) is 28.4. The van der Waals surface area contributed by atoms with Crippen LogP contribution in [0.2, 0.25) is 0 Å². The fourth-order valence-electron chi connectivity index (χ4n) is 4.92. The van der Waals surface area contributed by atoms with Gasteiger partial charge < -0.3 is 19.7 Å². The maximum absolute atomic E-state index is 13.4. The zero-order valence-corrected chi connectivity index (χ0v) is 23.5. The summed E-state index contributed by atoms with van der Waals surface area (Å²) in [5.74, 6) is -0.955. The largest absolute Gasteiger partial charge is 0.480 e. The molecule has 0 bridgehead atoms. The molecular formula is C33H39N3O4. The molecule has 0 unspecified atom stereocenters. The molecule has 0 spiro atoms. The number of aromatic nitrogens is 1. The Morgan fingerprint density at radius 2 is 1.45 bits per heavy atom. The average Bonchev–Trinajstić information content (AvgIpc) is 3.34. The summed E-state index contributed by atoms with van der Waals surface area (Å²) in [5, 5.41) is 10.8. The summed E-state index contributed by atoms with van der Waals surface area (Å²) in [6.45, 7) is 7.16. The van der Waals surface area contributed by atoms with Gasteiger partial charge >= 0.3 is 12.1 Å². The molecule has 0 aliphatic carbocycles. The summed E-state index contributed by atoms with van der Waals surface area (Å²) < 4.78 is 5.80. The Bertz CT molecular complexity index is 1340. The van der Waals surface area contributed by atoms with Gasteiger partial charge in [0.05, 0.1) is 6.54 Å². The van der Waals surface area contributed by atoms with Crippen LogP contribution in [-0.2, 0) is 16.0 Å². The van der Waals surface area contributed by atoms with Crippen molar-refractivity contribution >= 4 is 23.0 Å². The van der Waals surface area contributed by atoms with Crippen LogP contribution in [0.15, 0.2) is 91.1 Å². The van der Waals surface area contributed by atoms with Gasteiger partial charge in [0.2, 0.25) is 0 Å². The number of amides is 1. The van der Waals surface area contributed by atoms with Crippen molar-refractivity contribution in [1.29, 1.82) is 0 Å². The molecule has 1 aromatic heterocycles. The molecule has 7 heteroatoms. The number of hydrogen-bond donors (Lipinski definition) is 2. The number of ether oxygens (including phenoxy) is 1. The van der Waals surface area contributed by atoms with Crippen molar-refractivity contribution in [3.63, 3.8) is 0 Å². The average molecular weight is 542 g/mol. The quantitative estimate of drug-likeness (QED) is 0.224. The number of nitrogens with one attached hydrogen (secondary N) is 1. The van der Waals surface area contributed by atoms with Crippen molar-refractivity contribution in [2.24, 2.45) is 0 Å². The van der Waals surface area contributed by atoms with Gasteiger partial charge in [0.15, 0.2) is 0 Å². The Balaban J connectivity index is 1.53. The van der Waals surface area contributed by atoms with Crippen LogP contribution in [0.5, 0.6) is 0 Å². The van der Waals surface area contributed by atoms with E-state index in [1.54, 1.807) is 4.90 Å². The van der Waals surface area contributed by atoms with E-state index in [9.17, 15) is 14.7 Å². The van der Waals surface area contributed by atoms with Crippen LogP contribution in [0.4, 0.5) is 4.79 Å². The van der Waals surface area contributed by atoms with Crippen LogP contribution >= 0.6 is 0 Å². The molecule has 1 heterocycles. The SMILES string of the molecule is CC(C)(C)OC(=O)N(CCN(CCc1c[nH]c2ccccc12)CC(=O)O)CC(c1ccccc1)c1ccccc1. The predicted molar refractivity (Wildman–Crippen MR) is 159 cm³/mol. The van der Waals surface area contributed by atoms with Crippen molar-refractivity contribution in [2.75, 3.05) is 32.7 Å². The first-order valence-corrected chi connectivity index (χ1v) is 13.8. The molecule has 0 fully saturated rings. The van der Waals surface area contributed by atoms with Crippen LogP contribution < -0.4 is 0 Å². The monoisotopic (exact) mass is 541 g/mol. The lowest BCUT2D eigenvalue weighted by atomic mass is 9.91. The van der Waals surface area contributed by atoms with E-state index in [4.69, 9.17) is 4.74 Å². The Kier molecular flexibility index (Phi) is 9.61. The third kappa shape index (κ3) is 8.20. The molecule has 40 heavy (non-hydrogen) atoms. The highest BCUT2D eigenvalue weighted by molar-refractivity contribution is 5.83. The Morgan fingerprint density at radius 1 is 0.850 bits per heavy atom. The topological polar surface area (TPSA) is 85.9 Å². The molecule has 210 valence electrons. The minimum atomic E-state index is -0.894. The first-order chi connectivity index (χ1) is 19.2. The molecule has 0 aliphatic heterocycles. The van der Waals surface area contributed by atoms with Gasteiger partial charge in [0, 0.05) is 49.2 Å². The molecule has 2 N–H and O–H groups in total. The number of para-hydroxylation sites is 1. The first-order valence-electron chi connectivity index (χ1n) is 13.8. The summed E-state index contributed by atoms with van der Waals surface area (Å²) in [6.07, 6.45) is 2.28. The Labute approximate surface area is 236 Å². The maximum Gasteiger partial charge on any atom is 0.410 e. The summed E-state index contributed by atoms with van der Waals surface area (Å²) >= 11 is 0. The van der Waals surface area contributed by atoms with Crippen LogP contribution in [0, 0.1) is 0 Å². The van der Waals surface area contributed by atoms with Gasteiger partial charge in [0.1, 0.15) is 5.60 Å². The molecule has 0 saturated heterocycles. The van der Waals surface area contributed by atoms with Crippen molar-refractivity contribution < 1.29 is 19.4 Å². The second-order valence-corrected chi connectivity index (χ2v) is 11.1. The van der Waals surface area contributed by atoms with Gasteiger partial charge in [-0.3, -0.25) is 9.69 Å². The van der Waals surface area contributed by atoms with Crippen LogP contribution in [0.25, 0.3) is 10.9 Å². The Hall–Kier alpha value is -4.10. The number of aliphatic carboxylic acids is 1. The third-order valence-corrected chi connectivity index (χ3v) is 6.88. The van der Waals surface area contributed by atoms with Gasteiger partial charge in [-0.2, -0.15) is 0 Å². The van der Waals surface area contributed by atoms with Crippen LogP contribution in [0.3, 0.4) is 0 Å². The number of carboxylic acids is 1. The molecule has 0 atom stereocenters. The zero-order chi connectivity index (χ0) is 28.5. The van der Waals surface area contributed by atoms with E-state index in [1.165, 1.54) is 0 Å². The number of carbonyl (C=O) groups is 2. The lowest BCUT2D eigenvalue weighted by molar-refractivity contribution is -0.138. The number of carboxylic acid groups (broad SMARTS) is 1. The molecule has 1 amide bonds. The summed E-state index contributed by atoms with van der Waals surface area (Å²) in [4.78, 5) is 32.1. The third-order valence-electron chi connectivity index (χ3n) is 6.88. The van der Waals surface area contributed by atoms with Gasteiger partial charge in [-0.1, -0.05) is 78.9 Å². The van der Waals surface area contributed by atoms with Crippen LogP contribution in [0.1, 0.15) is 43.4 Å². The number of H-pyrrole nitrogens is 1. The first kappa shape index (κ1) is 28.9. The standard InChI is InChI=1S/C33H39N3O4/c1-33(2,3)40-32(39)36(23-29(25-12-6-4-7-13-25)26-14-8-5-9-15-26)21-20-35(24-31(37)38)19-18-27-22-34-30-17-11-10-16-28(27)30/h4-17,22,29,34H,18-21,23-24H2,1-3H3,(H,37,38). The molecule has 4 aromatic rings. The highest BCUT2D eigenvalue weighted by Crippen LogP contribution is 2.26. The second kappa shape index (κ2) is 13.3. The minimum absolute atomic E-state index is 0.0611. The van der Waals surface area contributed by atoms with Gasteiger partial charge in [-0.05, 0) is 49.9 Å². The zero-order valence-electron chi connectivity index (χ0n) is 23.5. The number of nitrogens with zero attached hydrogens (tertiary/aromatic N) is 2. The number of fused-ring (bicyclic) bond motifs is 1. The van der Waals surface area contributed by atoms with E-state index in [0.717, 1.165) is 27.6 Å². The van der Waals surface area contributed by atoms with Crippen molar-refractivity contribution in [3.05, 3.63) is 108 Å². The lowest BCUT2D eigenvalue weighted by Crippen LogP contribution is -2.44. The minimum Gasteiger partial charge on any atom is -0.480 e. The van der Waals surface area contributed by atoms with Gasteiger partial charge in [0.25, 0.3) is 0 Å². The highest BCUT2D eigenvalue weighted by atomic mass is 16.6. The highest BCUT2D eigenvalue weighted by Gasteiger charge is 2.27. The van der Waals surface area contributed by atoms with Crippen molar-refractivity contribution in [3.8, 4) is 0 Å². The molecule has 7 nitrogen and oxygen atoms in total. The van der Waals surface area contributed by atoms with Crippen molar-refractivity contribution in [2.45, 2.75) is 38.7 Å². The molecule has 0 radical (unpaired) electrons. The smallest absolute Gasteiger partial charge is 0.410 e. The molecule has 0 saturated carbocycles. The van der Waals surface area contributed by atoms with E-state index in [0.29, 0.717) is 32.6 Å². The molecule has 3 aromatic carbocycles. The number of rotatable bonds is 12.